The fourth-order valence-electron chi connectivity index (χ4n) is 2.89. The Morgan fingerprint density at radius 1 is 1.47 bits per heavy atom. The highest BCUT2D eigenvalue weighted by molar-refractivity contribution is 5.79. The summed E-state index contributed by atoms with van der Waals surface area (Å²) in [6.07, 6.45) is 3.74. The van der Waals surface area contributed by atoms with Crippen LogP contribution >= 0.6 is 0 Å². The first-order valence-corrected chi connectivity index (χ1v) is 5.98. The molecule has 17 heavy (non-hydrogen) atoms. The molecule has 0 aromatic heterocycles. The number of hydrogen-bond donors (Lipinski definition) is 0. The summed E-state index contributed by atoms with van der Waals surface area (Å²) >= 11 is 0. The molecule has 1 aromatic rings. The van der Waals surface area contributed by atoms with Gasteiger partial charge in [0.1, 0.15) is 18.4 Å². The van der Waals surface area contributed by atoms with Crippen LogP contribution < -0.4 is 0 Å². The molecule has 3 heteroatoms. The van der Waals surface area contributed by atoms with Crippen LogP contribution in [0, 0.1) is 0 Å². The molecular formula is C14H15NO2. The average Bonchev–Trinajstić information content (AvgIpc) is 2.69. The predicted molar refractivity (Wildman–Crippen MR) is 65.6 cm³/mol. The van der Waals surface area contributed by atoms with Gasteiger partial charge in [0.2, 0.25) is 0 Å². The molecule has 0 saturated heterocycles. The van der Waals surface area contributed by atoms with Crippen molar-refractivity contribution in [2.45, 2.75) is 31.7 Å². The lowest BCUT2D eigenvalue weighted by atomic mass is 9.77. The van der Waals surface area contributed by atoms with Crippen molar-refractivity contribution in [3.05, 3.63) is 34.9 Å². The van der Waals surface area contributed by atoms with Crippen molar-refractivity contribution in [2.75, 3.05) is 6.61 Å². The molecule has 88 valence electrons. The highest BCUT2D eigenvalue weighted by atomic mass is 16.5. The molecule has 0 saturated carbocycles. The fraction of sp³-hybridized carbons (Fsp3) is 0.429. The number of ether oxygens (including phenoxy) is 1. The molecule has 1 atom stereocenters. The number of hydrogen-bond acceptors (Lipinski definition) is 3. The van der Waals surface area contributed by atoms with Gasteiger partial charge >= 0.3 is 0 Å². The van der Waals surface area contributed by atoms with E-state index in [1.54, 1.807) is 0 Å². The molecule has 1 aliphatic heterocycles. The van der Waals surface area contributed by atoms with Crippen molar-refractivity contribution in [2.24, 2.45) is 4.99 Å². The van der Waals surface area contributed by atoms with Gasteiger partial charge in [-0.1, -0.05) is 18.2 Å². The molecule has 3 rings (SSSR count). The van der Waals surface area contributed by atoms with Crippen LogP contribution in [0.25, 0.3) is 0 Å². The third-order valence-electron chi connectivity index (χ3n) is 3.74. The van der Waals surface area contributed by atoms with Crippen molar-refractivity contribution in [3.8, 4) is 0 Å². The van der Waals surface area contributed by atoms with Crippen molar-refractivity contribution < 1.29 is 9.53 Å². The van der Waals surface area contributed by atoms with Crippen molar-refractivity contribution in [3.63, 3.8) is 0 Å². The van der Waals surface area contributed by atoms with Gasteiger partial charge in [0.25, 0.3) is 0 Å². The largest absolute Gasteiger partial charge is 0.479 e. The average molecular weight is 229 g/mol. The van der Waals surface area contributed by atoms with E-state index in [0.717, 1.165) is 37.0 Å². The first kappa shape index (κ1) is 10.5. The monoisotopic (exact) mass is 229 g/mol. The Bertz CT molecular complexity index is 507. The lowest BCUT2D eigenvalue weighted by Gasteiger charge is -2.31. The van der Waals surface area contributed by atoms with E-state index in [0.29, 0.717) is 6.61 Å². The minimum atomic E-state index is -0.0708. The zero-order chi connectivity index (χ0) is 11.9. The predicted octanol–water partition coefficient (Wildman–Crippen LogP) is 2.18. The summed E-state index contributed by atoms with van der Waals surface area (Å²) in [6.45, 7) is 2.59. The Kier molecular flexibility index (Phi) is 2.28. The molecule has 0 amide bonds. The molecule has 1 heterocycles. The summed E-state index contributed by atoms with van der Waals surface area (Å²) in [7, 11) is 0. The highest BCUT2D eigenvalue weighted by Crippen LogP contribution is 2.35. The number of aliphatic imine (C=N–C) groups is 1. The van der Waals surface area contributed by atoms with Crippen LogP contribution in [0.3, 0.4) is 0 Å². The SMILES string of the molecule is CC1=NC2(CCc3c(C=O)cccc3C2)CO1. The van der Waals surface area contributed by atoms with E-state index >= 15 is 0 Å². The molecule has 1 aliphatic carbocycles. The summed E-state index contributed by atoms with van der Waals surface area (Å²) in [4.78, 5) is 15.6. The number of carbonyl (C=O) groups is 1. The second kappa shape index (κ2) is 3.69. The molecule has 0 radical (unpaired) electrons. The van der Waals surface area contributed by atoms with Crippen LogP contribution in [0.15, 0.2) is 23.2 Å². The van der Waals surface area contributed by atoms with Crippen LogP contribution in [0.2, 0.25) is 0 Å². The topological polar surface area (TPSA) is 38.7 Å². The van der Waals surface area contributed by atoms with Crippen LogP contribution in [-0.2, 0) is 17.6 Å². The van der Waals surface area contributed by atoms with Gasteiger partial charge in [-0.15, -0.1) is 0 Å². The lowest BCUT2D eigenvalue weighted by Crippen LogP contribution is -2.35. The number of carbonyl (C=O) groups excluding carboxylic acids is 1. The second-order valence-electron chi connectivity index (χ2n) is 4.92. The molecule has 0 fully saturated rings. The summed E-state index contributed by atoms with van der Waals surface area (Å²) in [5.74, 6) is 0.792. The smallest absolute Gasteiger partial charge is 0.180 e. The van der Waals surface area contributed by atoms with Gasteiger partial charge in [0.15, 0.2) is 5.90 Å². The Hall–Kier alpha value is -1.64. The lowest BCUT2D eigenvalue weighted by molar-refractivity contribution is 0.112. The molecule has 3 nitrogen and oxygen atoms in total. The first-order chi connectivity index (χ1) is 8.22. The minimum absolute atomic E-state index is 0.0708. The number of aldehydes is 1. The standard InChI is InChI=1S/C14H15NO2/c1-10-15-14(9-17-10)6-5-13-11(7-14)3-2-4-12(13)8-16/h2-4,8H,5-7,9H2,1H3. The van der Waals surface area contributed by atoms with E-state index in [4.69, 9.17) is 4.74 Å². The molecule has 1 aromatic carbocycles. The van der Waals surface area contributed by atoms with Gasteiger partial charge in [-0.3, -0.25) is 4.79 Å². The highest BCUT2D eigenvalue weighted by Gasteiger charge is 2.39. The van der Waals surface area contributed by atoms with E-state index in [2.05, 4.69) is 11.1 Å². The number of fused-ring (bicyclic) bond motifs is 1. The quantitative estimate of drug-likeness (QED) is 0.692. The van der Waals surface area contributed by atoms with Crippen molar-refractivity contribution >= 4 is 12.2 Å². The zero-order valence-electron chi connectivity index (χ0n) is 9.90. The fourth-order valence-corrected chi connectivity index (χ4v) is 2.89. The molecule has 1 spiro atoms. The van der Waals surface area contributed by atoms with Gasteiger partial charge in [-0.25, -0.2) is 4.99 Å². The Balaban J connectivity index is 1.99. The number of rotatable bonds is 1. The summed E-state index contributed by atoms with van der Waals surface area (Å²) in [5, 5.41) is 0. The van der Waals surface area contributed by atoms with Crippen LogP contribution in [0.1, 0.15) is 34.8 Å². The van der Waals surface area contributed by atoms with E-state index in [-0.39, 0.29) is 5.54 Å². The maximum atomic E-state index is 11.0. The third-order valence-corrected chi connectivity index (χ3v) is 3.74. The van der Waals surface area contributed by atoms with Gasteiger partial charge in [-0.2, -0.15) is 0 Å². The zero-order valence-corrected chi connectivity index (χ0v) is 9.90. The normalized spacial score (nSPS) is 26.3. The molecule has 2 aliphatic rings. The van der Waals surface area contributed by atoms with Crippen molar-refractivity contribution in [1.82, 2.24) is 0 Å². The van der Waals surface area contributed by atoms with Crippen LogP contribution in [0.4, 0.5) is 0 Å². The number of nitrogens with zero attached hydrogens (tertiary/aromatic N) is 1. The minimum Gasteiger partial charge on any atom is -0.479 e. The first-order valence-electron chi connectivity index (χ1n) is 5.98. The summed E-state index contributed by atoms with van der Waals surface area (Å²) < 4.78 is 5.50. The Morgan fingerprint density at radius 3 is 3.06 bits per heavy atom. The Morgan fingerprint density at radius 2 is 2.35 bits per heavy atom. The summed E-state index contributed by atoms with van der Waals surface area (Å²) in [6, 6.07) is 5.95. The van der Waals surface area contributed by atoms with E-state index in [1.165, 1.54) is 11.1 Å². The number of benzene rings is 1. The maximum Gasteiger partial charge on any atom is 0.180 e. The van der Waals surface area contributed by atoms with Gasteiger partial charge in [0, 0.05) is 18.9 Å². The van der Waals surface area contributed by atoms with Gasteiger partial charge in [0.05, 0.1) is 0 Å². The molecule has 0 N–H and O–H groups in total. The molecular weight excluding hydrogens is 214 g/mol. The molecule has 0 bridgehead atoms. The Labute approximate surface area is 101 Å². The van der Waals surface area contributed by atoms with E-state index in [9.17, 15) is 4.79 Å². The van der Waals surface area contributed by atoms with Crippen LogP contribution in [-0.4, -0.2) is 24.3 Å². The van der Waals surface area contributed by atoms with E-state index < -0.39 is 0 Å². The second-order valence-corrected chi connectivity index (χ2v) is 4.92. The van der Waals surface area contributed by atoms with Gasteiger partial charge < -0.3 is 4.74 Å². The molecule has 1 unspecified atom stereocenters. The van der Waals surface area contributed by atoms with Crippen LogP contribution in [0.5, 0.6) is 0 Å². The maximum absolute atomic E-state index is 11.0. The van der Waals surface area contributed by atoms with E-state index in [1.807, 2.05) is 19.1 Å². The van der Waals surface area contributed by atoms with Gasteiger partial charge in [-0.05, 0) is 24.0 Å². The van der Waals surface area contributed by atoms with Crippen molar-refractivity contribution in [1.29, 1.82) is 0 Å². The third kappa shape index (κ3) is 1.66. The summed E-state index contributed by atoms with van der Waals surface area (Å²) in [5.41, 5.74) is 3.21.